The standard InChI is InChI=1S/C24H28N4O3/c1-26(14-17-13-25-27(2)15-17)23(29)18-7-6-12-28(16-18)24(30)21-10-11-22(31-3)20-9-5-4-8-19(20)21/h4-5,8-11,13,15,18H,6-7,12,14,16H2,1-3H3. The Morgan fingerprint density at radius 3 is 2.68 bits per heavy atom. The predicted molar refractivity (Wildman–Crippen MR) is 119 cm³/mol. The molecule has 7 nitrogen and oxygen atoms in total. The van der Waals surface area contributed by atoms with E-state index in [0.717, 1.165) is 34.9 Å². The number of rotatable bonds is 5. The lowest BCUT2D eigenvalue weighted by Crippen LogP contribution is -2.45. The van der Waals surface area contributed by atoms with Crippen LogP contribution >= 0.6 is 0 Å². The van der Waals surface area contributed by atoms with Gasteiger partial charge in [-0.1, -0.05) is 24.3 Å². The highest BCUT2D eigenvalue weighted by Crippen LogP contribution is 2.30. The Balaban J connectivity index is 1.50. The van der Waals surface area contributed by atoms with Crippen molar-refractivity contribution in [3.8, 4) is 5.75 Å². The molecule has 2 heterocycles. The van der Waals surface area contributed by atoms with Crippen molar-refractivity contribution in [1.29, 1.82) is 0 Å². The monoisotopic (exact) mass is 420 g/mol. The van der Waals surface area contributed by atoms with Gasteiger partial charge in [-0.05, 0) is 30.4 Å². The third-order valence-corrected chi connectivity index (χ3v) is 5.95. The molecule has 0 saturated carbocycles. The molecule has 0 N–H and O–H groups in total. The number of ether oxygens (including phenoxy) is 1. The first-order valence-corrected chi connectivity index (χ1v) is 10.6. The maximum atomic E-state index is 13.4. The van der Waals surface area contributed by atoms with E-state index in [1.165, 1.54) is 0 Å². The normalized spacial score (nSPS) is 16.4. The Kier molecular flexibility index (Phi) is 5.93. The highest BCUT2D eigenvalue weighted by atomic mass is 16.5. The molecule has 1 saturated heterocycles. The molecular weight excluding hydrogens is 392 g/mol. The highest BCUT2D eigenvalue weighted by molar-refractivity contribution is 6.08. The van der Waals surface area contributed by atoms with E-state index in [1.807, 2.05) is 61.6 Å². The van der Waals surface area contributed by atoms with Gasteiger partial charge in [0.1, 0.15) is 5.75 Å². The van der Waals surface area contributed by atoms with Gasteiger partial charge in [-0.2, -0.15) is 5.10 Å². The minimum absolute atomic E-state index is 0.0359. The second kappa shape index (κ2) is 8.79. The Hall–Kier alpha value is -3.35. The van der Waals surface area contributed by atoms with E-state index in [0.29, 0.717) is 25.2 Å². The average molecular weight is 421 g/mol. The third kappa shape index (κ3) is 4.26. The van der Waals surface area contributed by atoms with Crippen molar-refractivity contribution in [2.75, 3.05) is 27.2 Å². The van der Waals surface area contributed by atoms with Crippen LogP contribution in [0, 0.1) is 5.92 Å². The summed E-state index contributed by atoms with van der Waals surface area (Å²) in [6.45, 7) is 1.62. The zero-order valence-electron chi connectivity index (χ0n) is 18.2. The number of aryl methyl sites for hydroxylation is 1. The van der Waals surface area contributed by atoms with Crippen molar-refractivity contribution >= 4 is 22.6 Å². The number of methoxy groups -OCH3 is 1. The lowest BCUT2D eigenvalue weighted by molar-refractivity contribution is -0.136. The van der Waals surface area contributed by atoms with Crippen LogP contribution in [0.1, 0.15) is 28.8 Å². The first-order chi connectivity index (χ1) is 15.0. The van der Waals surface area contributed by atoms with Gasteiger partial charge in [0.05, 0.1) is 19.2 Å². The minimum Gasteiger partial charge on any atom is -0.496 e. The molecule has 31 heavy (non-hydrogen) atoms. The van der Waals surface area contributed by atoms with Crippen LogP contribution in [0.5, 0.6) is 5.75 Å². The van der Waals surface area contributed by atoms with Crippen LogP contribution in [0.4, 0.5) is 0 Å². The molecule has 7 heteroatoms. The van der Waals surface area contributed by atoms with E-state index in [9.17, 15) is 9.59 Å². The van der Waals surface area contributed by atoms with Gasteiger partial charge >= 0.3 is 0 Å². The van der Waals surface area contributed by atoms with Crippen molar-refractivity contribution in [2.24, 2.45) is 13.0 Å². The SMILES string of the molecule is COc1ccc(C(=O)N2CCCC(C(=O)N(C)Cc3cnn(C)c3)C2)c2ccccc12. The van der Waals surface area contributed by atoms with E-state index in [1.54, 1.807) is 22.9 Å². The highest BCUT2D eigenvalue weighted by Gasteiger charge is 2.31. The summed E-state index contributed by atoms with van der Waals surface area (Å²) >= 11 is 0. The number of piperidine rings is 1. The minimum atomic E-state index is -0.191. The Morgan fingerprint density at radius 2 is 1.97 bits per heavy atom. The van der Waals surface area contributed by atoms with Crippen molar-refractivity contribution < 1.29 is 14.3 Å². The Bertz CT molecular complexity index is 1110. The number of hydrogen-bond donors (Lipinski definition) is 0. The summed E-state index contributed by atoms with van der Waals surface area (Å²) in [5.74, 6) is 0.590. The quantitative estimate of drug-likeness (QED) is 0.636. The number of nitrogens with zero attached hydrogens (tertiary/aromatic N) is 4. The number of amides is 2. The number of hydrogen-bond acceptors (Lipinski definition) is 4. The smallest absolute Gasteiger partial charge is 0.254 e. The van der Waals surface area contributed by atoms with Gasteiger partial charge in [-0.25, -0.2) is 0 Å². The maximum Gasteiger partial charge on any atom is 0.254 e. The molecule has 1 atom stereocenters. The summed E-state index contributed by atoms with van der Waals surface area (Å²) < 4.78 is 7.18. The summed E-state index contributed by atoms with van der Waals surface area (Å²) in [6.07, 6.45) is 5.30. The van der Waals surface area contributed by atoms with E-state index >= 15 is 0 Å². The molecule has 0 radical (unpaired) electrons. The molecule has 1 aromatic heterocycles. The molecule has 0 spiro atoms. The number of likely N-dealkylation sites (tertiary alicyclic amines) is 1. The van der Waals surface area contributed by atoms with Crippen molar-refractivity contribution in [1.82, 2.24) is 19.6 Å². The maximum absolute atomic E-state index is 13.4. The Morgan fingerprint density at radius 1 is 1.19 bits per heavy atom. The van der Waals surface area contributed by atoms with Crippen molar-refractivity contribution in [2.45, 2.75) is 19.4 Å². The van der Waals surface area contributed by atoms with Crippen LogP contribution in [0.15, 0.2) is 48.8 Å². The van der Waals surface area contributed by atoms with Gasteiger partial charge in [0, 0.05) is 56.4 Å². The molecule has 2 aromatic carbocycles. The van der Waals surface area contributed by atoms with E-state index in [2.05, 4.69) is 5.10 Å². The third-order valence-electron chi connectivity index (χ3n) is 5.95. The van der Waals surface area contributed by atoms with E-state index in [-0.39, 0.29) is 17.7 Å². The topological polar surface area (TPSA) is 67.7 Å². The largest absolute Gasteiger partial charge is 0.496 e. The van der Waals surface area contributed by atoms with Crippen LogP contribution in [0.2, 0.25) is 0 Å². The van der Waals surface area contributed by atoms with Crippen LogP contribution in [-0.4, -0.2) is 58.6 Å². The predicted octanol–water partition coefficient (Wildman–Crippen LogP) is 3.09. The van der Waals surface area contributed by atoms with Crippen LogP contribution < -0.4 is 4.74 Å². The number of benzene rings is 2. The molecule has 1 unspecified atom stereocenters. The zero-order valence-corrected chi connectivity index (χ0v) is 18.2. The van der Waals surface area contributed by atoms with Gasteiger partial charge in [-0.3, -0.25) is 14.3 Å². The molecule has 1 aliphatic rings. The van der Waals surface area contributed by atoms with Crippen LogP contribution in [0.25, 0.3) is 10.8 Å². The number of aromatic nitrogens is 2. The summed E-state index contributed by atoms with van der Waals surface area (Å²) in [4.78, 5) is 30.0. The molecule has 162 valence electrons. The fraction of sp³-hybridized carbons (Fsp3) is 0.375. The summed E-state index contributed by atoms with van der Waals surface area (Å²) in [5, 5.41) is 5.95. The number of carbonyl (C=O) groups is 2. The molecule has 4 rings (SSSR count). The fourth-order valence-electron chi connectivity index (χ4n) is 4.39. The van der Waals surface area contributed by atoms with Gasteiger partial charge < -0.3 is 14.5 Å². The summed E-state index contributed by atoms with van der Waals surface area (Å²) in [7, 11) is 5.30. The first-order valence-electron chi connectivity index (χ1n) is 10.6. The number of carbonyl (C=O) groups excluding carboxylic acids is 2. The summed E-state index contributed by atoms with van der Waals surface area (Å²) in [6, 6.07) is 11.4. The molecular formula is C24H28N4O3. The lowest BCUT2D eigenvalue weighted by atomic mass is 9.95. The number of fused-ring (bicyclic) bond motifs is 1. The average Bonchev–Trinajstić information content (AvgIpc) is 3.21. The molecule has 3 aromatic rings. The zero-order chi connectivity index (χ0) is 22.0. The summed E-state index contributed by atoms with van der Waals surface area (Å²) in [5.41, 5.74) is 1.64. The molecule has 2 amide bonds. The lowest BCUT2D eigenvalue weighted by Gasteiger charge is -2.34. The molecule has 1 aliphatic heterocycles. The molecule has 0 aliphatic carbocycles. The van der Waals surface area contributed by atoms with Gasteiger partial charge in [0.2, 0.25) is 5.91 Å². The molecule has 0 bridgehead atoms. The molecule has 1 fully saturated rings. The van der Waals surface area contributed by atoms with Gasteiger partial charge in [-0.15, -0.1) is 0 Å². The van der Waals surface area contributed by atoms with E-state index < -0.39 is 0 Å². The van der Waals surface area contributed by atoms with Crippen molar-refractivity contribution in [3.05, 3.63) is 59.9 Å². The second-order valence-electron chi connectivity index (χ2n) is 8.17. The van der Waals surface area contributed by atoms with E-state index in [4.69, 9.17) is 4.74 Å². The van der Waals surface area contributed by atoms with Crippen LogP contribution in [0.3, 0.4) is 0 Å². The Labute approximate surface area is 182 Å². The van der Waals surface area contributed by atoms with Crippen LogP contribution in [-0.2, 0) is 18.4 Å². The van der Waals surface area contributed by atoms with Gasteiger partial charge in [0.25, 0.3) is 5.91 Å². The fourth-order valence-corrected chi connectivity index (χ4v) is 4.39. The van der Waals surface area contributed by atoms with Gasteiger partial charge in [0.15, 0.2) is 0 Å². The second-order valence-corrected chi connectivity index (χ2v) is 8.17. The first kappa shape index (κ1) is 20.9. The van der Waals surface area contributed by atoms with Crippen molar-refractivity contribution in [3.63, 3.8) is 0 Å².